The number of nitrogens with one attached hydrogen (secondary N) is 1. The summed E-state index contributed by atoms with van der Waals surface area (Å²) in [6.07, 6.45) is 6.85. The predicted octanol–water partition coefficient (Wildman–Crippen LogP) is 2.57. The molecule has 2 aromatic heterocycles. The van der Waals surface area contributed by atoms with Crippen LogP contribution < -0.4 is 11.1 Å². The second-order valence-electron chi connectivity index (χ2n) is 5.23. The average molecular weight is 305 g/mol. The van der Waals surface area contributed by atoms with Crippen molar-refractivity contribution in [1.29, 1.82) is 0 Å². The van der Waals surface area contributed by atoms with Crippen molar-refractivity contribution in [2.75, 3.05) is 18.9 Å². The van der Waals surface area contributed by atoms with E-state index in [9.17, 15) is 4.79 Å². The normalized spacial score (nSPS) is 15.6. The van der Waals surface area contributed by atoms with Gasteiger partial charge in [-0.2, -0.15) is 0 Å². The molecule has 0 radical (unpaired) electrons. The molecular weight excluding hydrogens is 286 g/mol. The molecule has 1 fully saturated rings. The van der Waals surface area contributed by atoms with Crippen LogP contribution in [0.3, 0.4) is 0 Å². The van der Waals surface area contributed by atoms with E-state index >= 15 is 0 Å². The number of amides is 1. The minimum Gasteiger partial charge on any atom is -0.396 e. The maximum absolute atomic E-state index is 12.2. The number of ether oxygens (including phenoxy) is 1. The molecule has 1 aliphatic carbocycles. The van der Waals surface area contributed by atoms with E-state index in [0.29, 0.717) is 35.3 Å². The van der Waals surface area contributed by atoms with Gasteiger partial charge >= 0.3 is 0 Å². The Morgan fingerprint density at radius 3 is 3.05 bits per heavy atom. The molecule has 1 amide bonds. The Balaban J connectivity index is 1.55. The lowest BCUT2D eigenvalue weighted by molar-refractivity contribution is 0.0582. The van der Waals surface area contributed by atoms with Gasteiger partial charge in [0.1, 0.15) is 10.4 Å². The zero-order chi connectivity index (χ0) is 14.7. The standard InChI is InChI=1S/C15H19N3O2S/c16-12-13-11(6-3-7-17-13)21-14(12)15(19)18-8-9-20-10-4-1-2-5-10/h3,6-7,10H,1-2,4-5,8-9,16H2,(H,18,19). The van der Waals surface area contributed by atoms with Gasteiger partial charge in [0.05, 0.1) is 23.1 Å². The summed E-state index contributed by atoms with van der Waals surface area (Å²) in [6, 6.07) is 3.76. The number of nitrogens with zero attached hydrogens (tertiary/aromatic N) is 1. The highest BCUT2D eigenvalue weighted by Crippen LogP contribution is 2.31. The highest BCUT2D eigenvalue weighted by Gasteiger charge is 2.17. The lowest BCUT2D eigenvalue weighted by Gasteiger charge is -2.11. The van der Waals surface area contributed by atoms with Gasteiger partial charge < -0.3 is 15.8 Å². The SMILES string of the molecule is Nc1c(C(=O)NCCOC2CCCC2)sc2cccnc12. The summed E-state index contributed by atoms with van der Waals surface area (Å²) in [5.41, 5.74) is 7.17. The van der Waals surface area contributed by atoms with Crippen molar-refractivity contribution in [3.8, 4) is 0 Å². The van der Waals surface area contributed by atoms with Crippen LogP contribution in [0.5, 0.6) is 0 Å². The number of thiophene rings is 1. The van der Waals surface area contributed by atoms with Gasteiger partial charge in [0.2, 0.25) is 0 Å². The summed E-state index contributed by atoms with van der Waals surface area (Å²) >= 11 is 1.37. The largest absolute Gasteiger partial charge is 0.396 e. The first-order valence-corrected chi connectivity index (χ1v) is 8.10. The zero-order valence-corrected chi connectivity index (χ0v) is 12.6. The molecular formula is C15H19N3O2S. The van der Waals surface area contributed by atoms with E-state index in [1.165, 1.54) is 24.2 Å². The molecule has 1 saturated carbocycles. The third kappa shape index (κ3) is 3.16. The fourth-order valence-electron chi connectivity index (χ4n) is 2.64. The molecule has 3 rings (SSSR count). The number of carbonyl (C=O) groups excluding carboxylic acids is 1. The summed E-state index contributed by atoms with van der Waals surface area (Å²) in [5.74, 6) is -0.148. The smallest absolute Gasteiger partial charge is 0.263 e. The zero-order valence-electron chi connectivity index (χ0n) is 11.8. The van der Waals surface area contributed by atoms with Gasteiger partial charge in [-0.15, -0.1) is 11.3 Å². The Hall–Kier alpha value is -1.66. The van der Waals surface area contributed by atoms with Crippen LogP contribution in [0.15, 0.2) is 18.3 Å². The minimum absolute atomic E-state index is 0.148. The van der Waals surface area contributed by atoms with Gasteiger partial charge in [-0.3, -0.25) is 9.78 Å². The average Bonchev–Trinajstić information content (AvgIpc) is 3.12. The molecule has 0 bridgehead atoms. The van der Waals surface area contributed by atoms with Gasteiger partial charge in [-0.1, -0.05) is 12.8 Å². The first-order chi connectivity index (χ1) is 10.3. The Bertz CT molecular complexity index is 635. The van der Waals surface area contributed by atoms with E-state index < -0.39 is 0 Å². The minimum atomic E-state index is -0.148. The Morgan fingerprint density at radius 1 is 1.48 bits per heavy atom. The molecule has 2 aromatic rings. The third-order valence-electron chi connectivity index (χ3n) is 3.73. The summed E-state index contributed by atoms with van der Waals surface area (Å²) in [7, 11) is 0. The molecule has 5 nitrogen and oxygen atoms in total. The van der Waals surface area contributed by atoms with E-state index in [1.807, 2.05) is 12.1 Å². The summed E-state index contributed by atoms with van der Waals surface area (Å²) in [4.78, 5) is 16.9. The highest BCUT2D eigenvalue weighted by atomic mass is 32.1. The van der Waals surface area contributed by atoms with Crippen molar-refractivity contribution in [2.24, 2.45) is 0 Å². The molecule has 0 saturated heterocycles. The lowest BCUT2D eigenvalue weighted by Crippen LogP contribution is -2.28. The topological polar surface area (TPSA) is 77.2 Å². The van der Waals surface area contributed by atoms with Crippen LogP contribution in [0.25, 0.3) is 10.2 Å². The number of aromatic nitrogens is 1. The van der Waals surface area contributed by atoms with E-state index in [2.05, 4.69) is 10.3 Å². The van der Waals surface area contributed by atoms with Crippen LogP contribution in [-0.2, 0) is 4.74 Å². The number of hydrogen-bond donors (Lipinski definition) is 2. The molecule has 0 unspecified atom stereocenters. The molecule has 6 heteroatoms. The van der Waals surface area contributed by atoms with Crippen molar-refractivity contribution >= 4 is 33.1 Å². The molecule has 0 atom stereocenters. The molecule has 112 valence electrons. The van der Waals surface area contributed by atoms with Crippen LogP contribution in [0.4, 0.5) is 5.69 Å². The van der Waals surface area contributed by atoms with Crippen molar-refractivity contribution < 1.29 is 9.53 Å². The summed E-state index contributed by atoms with van der Waals surface area (Å²) < 4.78 is 6.66. The van der Waals surface area contributed by atoms with Crippen molar-refractivity contribution in [2.45, 2.75) is 31.8 Å². The number of nitrogens with two attached hydrogens (primary N) is 1. The summed E-state index contributed by atoms with van der Waals surface area (Å²) in [6.45, 7) is 1.07. The van der Waals surface area contributed by atoms with Crippen molar-refractivity contribution in [3.05, 3.63) is 23.2 Å². The molecule has 0 aromatic carbocycles. The van der Waals surface area contributed by atoms with Crippen LogP contribution in [-0.4, -0.2) is 30.1 Å². The Morgan fingerprint density at radius 2 is 2.29 bits per heavy atom. The fourth-order valence-corrected chi connectivity index (χ4v) is 3.64. The van der Waals surface area contributed by atoms with Crippen LogP contribution in [0.2, 0.25) is 0 Å². The van der Waals surface area contributed by atoms with Crippen molar-refractivity contribution in [1.82, 2.24) is 10.3 Å². The van der Waals surface area contributed by atoms with Gasteiger partial charge in [-0.05, 0) is 25.0 Å². The maximum Gasteiger partial charge on any atom is 0.263 e. The first-order valence-electron chi connectivity index (χ1n) is 7.28. The van der Waals surface area contributed by atoms with E-state index in [4.69, 9.17) is 10.5 Å². The number of rotatable bonds is 5. The summed E-state index contributed by atoms with van der Waals surface area (Å²) in [5, 5.41) is 2.86. The predicted molar refractivity (Wildman–Crippen MR) is 84.6 cm³/mol. The van der Waals surface area contributed by atoms with Gasteiger partial charge in [0.25, 0.3) is 5.91 Å². The molecule has 21 heavy (non-hydrogen) atoms. The molecule has 3 N–H and O–H groups in total. The highest BCUT2D eigenvalue weighted by molar-refractivity contribution is 7.21. The quantitative estimate of drug-likeness (QED) is 0.832. The molecule has 2 heterocycles. The number of fused-ring (bicyclic) bond motifs is 1. The number of carbonyl (C=O) groups is 1. The molecule has 0 spiro atoms. The second kappa shape index (κ2) is 6.41. The third-order valence-corrected chi connectivity index (χ3v) is 4.89. The van der Waals surface area contributed by atoms with Gasteiger partial charge in [0, 0.05) is 12.7 Å². The first kappa shape index (κ1) is 14.3. The molecule has 0 aliphatic heterocycles. The van der Waals surface area contributed by atoms with Crippen LogP contribution >= 0.6 is 11.3 Å². The Kier molecular flexibility index (Phi) is 4.36. The van der Waals surface area contributed by atoms with Crippen molar-refractivity contribution in [3.63, 3.8) is 0 Å². The van der Waals surface area contributed by atoms with Crippen LogP contribution in [0, 0.1) is 0 Å². The van der Waals surface area contributed by atoms with E-state index in [0.717, 1.165) is 17.5 Å². The van der Waals surface area contributed by atoms with E-state index in [-0.39, 0.29) is 5.91 Å². The van der Waals surface area contributed by atoms with Gasteiger partial charge in [-0.25, -0.2) is 0 Å². The number of pyridine rings is 1. The second-order valence-corrected chi connectivity index (χ2v) is 6.28. The number of anilines is 1. The number of nitrogen functional groups attached to an aromatic ring is 1. The fraction of sp³-hybridized carbons (Fsp3) is 0.467. The van der Waals surface area contributed by atoms with E-state index in [1.54, 1.807) is 6.20 Å². The Labute approximate surface area is 127 Å². The maximum atomic E-state index is 12.2. The lowest BCUT2D eigenvalue weighted by atomic mass is 10.3. The molecule has 1 aliphatic rings. The van der Waals surface area contributed by atoms with Crippen LogP contribution in [0.1, 0.15) is 35.4 Å². The number of hydrogen-bond acceptors (Lipinski definition) is 5. The van der Waals surface area contributed by atoms with Gasteiger partial charge in [0.15, 0.2) is 0 Å². The monoisotopic (exact) mass is 305 g/mol.